The Morgan fingerprint density at radius 1 is 1.16 bits per heavy atom. The van der Waals surface area contributed by atoms with Crippen molar-refractivity contribution in [3.05, 3.63) is 58.9 Å². The second kappa shape index (κ2) is 7.19. The van der Waals surface area contributed by atoms with Gasteiger partial charge in [0, 0.05) is 11.5 Å². The number of fused-ring (bicyclic) bond motifs is 5. The molecule has 0 amide bonds. The first kappa shape index (κ1) is 20.7. The summed E-state index contributed by atoms with van der Waals surface area (Å²) in [6.07, 6.45) is 13.1. The topological polar surface area (TPSA) is 72.0 Å². The van der Waals surface area contributed by atoms with Gasteiger partial charge < -0.3 is 14.4 Å². The van der Waals surface area contributed by atoms with Crippen LogP contribution in [0.2, 0.25) is 0 Å². The van der Waals surface area contributed by atoms with Crippen LogP contribution in [0.5, 0.6) is 0 Å². The lowest BCUT2D eigenvalue weighted by Crippen LogP contribution is -2.60. The van der Waals surface area contributed by atoms with Gasteiger partial charge in [0.1, 0.15) is 6.26 Å². The highest BCUT2D eigenvalue weighted by molar-refractivity contribution is 5.96. The molecule has 5 heteroatoms. The molecule has 4 aliphatic rings. The average molecular weight is 424 g/mol. The van der Waals surface area contributed by atoms with Gasteiger partial charge in [-0.1, -0.05) is 31.2 Å². The van der Waals surface area contributed by atoms with E-state index in [4.69, 9.17) is 9.25 Å². The normalized spacial score (nSPS) is 42.9. The summed E-state index contributed by atoms with van der Waals surface area (Å²) in [6.45, 7) is 8.26. The van der Waals surface area contributed by atoms with Crippen molar-refractivity contribution < 1.29 is 14.4 Å². The molecular weight excluding hydrogens is 390 g/mol. The van der Waals surface area contributed by atoms with E-state index in [0.29, 0.717) is 11.8 Å². The molecule has 0 aromatic carbocycles. The maximum absolute atomic E-state index is 12.3. The van der Waals surface area contributed by atoms with Crippen molar-refractivity contribution in [3.8, 4) is 0 Å². The molecule has 0 spiro atoms. The zero-order valence-corrected chi connectivity index (χ0v) is 18.6. The Hall–Kier alpha value is -2.14. The van der Waals surface area contributed by atoms with Crippen LogP contribution in [0.3, 0.4) is 0 Å². The first-order valence-electron chi connectivity index (χ1n) is 11.7. The average Bonchev–Trinajstić information content (AvgIpc) is 3.04. The van der Waals surface area contributed by atoms with E-state index < -0.39 is 5.60 Å². The van der Waals surface area contributed by atoms with E-state index in [1.165, 1.54) is 17.9 Å². The molecule has 6 atom stereocenters. The Kier molecular flexibility index (Phi) is 4.81. The van der Waals surface area contributed by atoms with Crippen LogP contribution in [0, 0.1) is 22.7 Å². The van der Waals surface area contributed by atoms with Crippen LogP contribution >= 0.6 is 0 Å². The number of aliphatic hydroxyl groups is 1. The highest BCUT2D eigenvalue weighted by Gasteiger charge is 2.66. The standard InChI is InChI=1S/C26H33NO4/c1-4-31-27-19-9-12-24(2)18(15-19)6-7-22-21(24)10-13-25(3)20(11-14-26(22,25)29)17-5-8-23(28)30-16-17/h4-5,8,15-16,20-22,29H,1,6-7,9-14H2,2-3H3/b27-19+/t20-,21?,22-,24+,25-,26+/m1/s1. The molecule has 0 radical (unpaired) electrons. The molecule has 3 fully saturated rings. The molecular formula is C26H33NO4. The fourth-order valence-electron chi connectivity index (χ4n) is 7.82. The smallest absolute Gasteiger partial charge is 0.335 e. The third-order valence-corrected chi connectivity index (χ3v) is 9.53. The van der Waals surface area contributed by atoms with Gasteiger partial charge in [0.15, 0.2) is 0 Å². The fraction of sp³-hybridized carbons (Fsp3) is 0.615. The quantitative estimate of drug-likeness (QED) is 0.528. The second-order valence-electron chi connectivity index (χ2n) is 10.6. The van der Waals surface area contributed by atoms with Crippen LogP contribution in [0.25, 0.3) is 0 Å². The van der Waals surface area contributed by atoms with Gasteiger partial charge in [-0.2, -0.15) is 0 Å². The van der Waals surface area contributed by atoms with Gasteiger partial charge in [0.25, 0.3) is 0 Å². The first-order chi connectivity index (χ1) is 14.8. The summed E-state index contributed by atoms with van der Waals surface area (Å²) >= 11 is 0. The molecule has 5 rings (SSSR count). The van der Waals surface area contributed by atoms with Gasteiger partial charge in [-0.3, -0.25) is 0 Å². The van der Waals surface area contributed by atoms with Crippen molar-refractivity contribution in [3.63, 3.8) is 0 Å². The Morgan fingerprint density at radius 2 is 2.00 bits per heavy atom. The van der Waals surface area contributed by atoms with Crippen molar-refractivity contribution in [2.24, 2.45) is 27.8 Å². The minimum atomic E-state index is -0.675. The molecule has 31 heavy (non-hydrogen) atoms. The minimum Gasteiger partial charge on any atom is -0.431 e. The summed E-state index contributed by atoms with van der Waals surface area (Å²) in [5, 5.41) is 16.5. The van der Waals surface area contributed by atoms with Crippen molar-refractivity contribution in [2.45, 2.75) is 76.7 Å². The Morgan fingerprint density at radius 3 is 2.74 bits per heavy atom. The second-order valence-corrected chi connectivity index (χ2v) is 10.6. The predicted molar refractivity (Wildman–Crippen MR) is 120 cm³/mol. The van der Waals surface area contributed by atoms with Gasteiger partial charge in [-0.05, 0) is 92.2 Å². The zero-order chi connectivity index (χ0) is 21.9. The molecule has 166 valence electrons. The summed E-state index contributed by atoms with van der Waals surface area (Å²) in [4.78, 5) is 16.5. The third-order valence-electron chi connectivity index (χ3n) is 9.53. The monoisotopic (exact) mass is 423 g/mol. The van der Waals surface area contributed by atoms with E-state index in [0.717, 1.165) is 62.6 Å². The molecule has 5 nitrogen and oxygen atoms in total. The van der Waals surface area contributed by atoms with Crippen LogP contribution in [-0.2, 0) is 4.84 Å². The lowest BCUT2D eigenvalue weighted by atomic mass is 9.45. The molecule has 1 N–H and O–H groups in total. The van der Waals surface area contributed by atoms with Crippen molar-refractivity contribution in [1.82, 2.24) is 0 Å². The zero-order valence-electron chi connectivity index (χ0n) is 18.6. The number of hydrogen-bond acceptors (Lipinski definition) is 5. The van der Waals surface area contributed by atoms with E-state index in [1.807, 2.05) is 6.07 Å². The van der Waals surface area contributed by atoms with E-state index in [1.54, 1.807) is 6.26 Å². The third kappa shape index (κ3) is 2.92. The molecule has 1 unspecified atom stereocenters. The van der Waals surface area contributed by atoms with E-state index in [-0.39, 0.29) is 22.4 Å². The summed E-state index contributed by atoms with van der Waals surface area (Å²) in [7, 11) is 0. The molecule has 1 aromatic heterocycles. The fourth-order valence-corrected chi connectivity index (χ4v) is 7.82. The number of hydrogen-bond donors (Lipinski definition) is 1. The van der Waals surface area contributed by atoms with E-state index in [2.05, 4.69) is 31.7 Å². The Balaban J connectivity index is 1.47. The molecule has 0 aliphatic heterocycles. The molecule has 3 saturated carbocycles. The lowest BCUT2D eigenvalue weighted by molar-refractivity contribution is -0.176. The summed E-state index contributed by atoms with van der Waals surface area (Å²) in [5.41, 5.74) is 2.46. The van der Waals surface area contributed by atoms with Gasteiger partial charge in [0.05, 0.1) is 17.6 Å². The van der Waals surface area contributed by atoms with Crippen LogP contribution in [0.1, 0.15) is 76.7 Å². The van der Waals surface area contributed by atoms with Gasteiger partial charge in [-0.15, -0.1) is 0 Å². The highest BCUT2D eigenvalue weighted by Crippen LogP contribution is 2.69. The summed E-state index contributed by atoms with van der Waals surface area (Å²) in [6, 6.07) is 3.41. The first-order valence-corrected chi connectivity index (χ1v) is 11.7. The Bertz CT molecular complexity index is 988. The van der Waals surface area contributed by atoms with Gasteiger partial charge in [0.2, 0.25) is 0 Å². The van der Waals surface area contributed by atoms with Crippen molar-refractivity contribution in [1.29, 1.82) is 0 Å². The molecule has 0 bridgehead atoms. The number of nitrogens with zero attached hydrogens (tertiary/aromatic N) is 1. The molecule has 1 heterocycles. The molecule has 0 saturated heterocycles. The van der Waals surface area contributed by atoms with E-state index >= 15 is 0 Å². The SMILES string of the molecule is C=CO/N=C1/C=C2CC[C@@H]3C(CC[C@]4(C)[C@@H](c5ccc(=O)oc5)CC[C@]34O)[C@@]2(C)CC1. The number of oxime groups is 1. The van der Waals surface area contributed by atoms with Gasteiger partial charge >= 0.3 is 5.63 Å². The van der Waals surface area contributed by atoms with Crippen LogP contribution in [-0.4, -0.2) is 16.4 Å². The largest absolute Gasteiger partial charge is 0.431 e. The van der Waals surface area contributed by atoms with Crippen LogP contribution in [0.4, 0.5) is 0 Å². The van der Waals surface area contributed by atoms with Gasteiger partial charge in [-0.25, -0.2) is 4.79 Å². The molecule has 1 aromatic rings. The molecule has 4 aliphatic carbocycles. The Labute approximate surface area is 183 Å². The number of allylic oxidation sites excluding steroid dienone is 2. The van der Waals surface area contributed by atoms with E-state index in [9.17, 15) is 9.90 Å². The number of rotatable bonds is 3. The minimum absolute atomic E-state index is 0.116. The summed E-state index contributed by atoms with van der Waals surface area (Å²) < 4.78 is 5.19. The predicted octanol–water partition coefficient (Wildman–Crippen LogP) is 5.32. The lowest BCUT2D eigenvalue weighted by Gasteiger charge is -2.61. The van der Waals surface area contributed by atoms with Crippen LogP contribution < -0.4 is 5.63 Å². The maximum Gasteiger partial charge on any atom is 0.335 e. The van der Waals surface area contributed by atoms with Crippen LogP contribution in [0.15, 0.2) is 57.3 Å². The summed E-state index contributed by atoms with van der Waals surface area (Å²) in [5.74, 6) is 1.02. The van der Waals surface area contributed by atoms with Crippen molar-refractivity contribution >= 4 is 5.71 Å². The van der Waals surface area contributed by atoms with Crippen molar-refractivity contribution in [2.75, 3.05) is 0 Å². The maximum atomic E-state index is 12.3. The highest BCUT2D eigenvalue weighted by atomic mass is 16.6.